The normalized spacial score (nSPS) is 13.1. The van der Waals surface area contributed by atoms with Gasteiger partial charge in [-0.15, -0.1) is 0 Å². The average molecular weight is 450 g/mol. The number of carbonyl (C=O) groups excluding carboxylic acids is 1. The molecule has 1 amide bonds. The summed E-state index contributed by atoms with van der Waals surface area (Å²) >= 11 is 0. The maximum absolute atomic E-state index is 11.7. The monoisotopic (exact) mass is 449 g/mol. The highest BCUT2D eigenvalue weighted by Gasteiger charge is 2.17. The number of aliphatic hydroxyl groups excluding tert-OH is 1. The summed E-state index contributed by atoms with van der Waals surface area (Å²) in [5.41, 5.74) is 0. The van der Waals surface area contributed by atoms with E-state index in [2.05, 4.69) is 28.9 Å². The smallest absolute Gasteiger partial charge is 0.389 e. The van der Waals surface area contributed by atoms with Crippen LogP contribution in [0.5, 0.6) is 0 Å². The van der Waals surface area contributed by atoms with Crippen LogP contribution in [-0.4, -0.2) is 40.1 Å². The van der Waals surface area contributed by atoms with E-state index in [1.807, 2.05) is 0 Å². The molecule has 0 aromatic heterocycles. The van der Waals surface area contributed by atoms with Crippen LogP contribution in [0.25, 0.3) is 0 Å². The molecule has 0 aliphatic heterocycles. The molecule has 0 aromatic rings. The zero-order valence-corrected chi connectivity index (χ0v) is 19.7. The molecule has 7 nitrogen and oxygen atoms in total. The Bertz CT molecular complexity index is 480. The van der Waals surface area contributed by atoms with Crippen molar-refractivity contribution < 1.29 is 28.8 Å². The van der Waals surface area contributed by atoms with E-state index in [1.54, 1.807) is 0 Å². The third kappa shape index (κ3) is 23.6. The molecule has 0 aromatic carbocycles. The zero-order valence-electron chi connectivity index (χ0n) is 18.8. The highest BCUT2D eigenvalue weighted by molar-refractivity contribution is 7.46. The quantitative estimate of drug-likeness (QED) is 0.111. The fourth-order valence-electron chi connectivity index (χ4n) is 3.10. The Balaban J connectivity index is 3.36. The number of unbranched alkanes of at least 4 members (excludes halogenated alkanes) is 12. The van der Waals surface area contributed by atoms with Gasteiger partial charge in [-0.2, -0.15) is 0 Å². The topological polar surface area (TPSA) is 116 Å². The van der Waals surface area contributed by atoms with Crippen molar-refractivity contribution in [1.29, 1.82) is 0 Å². The molecule has 1 atom stereocenters. The van der Waals surface area contributed by atoms with E-state index in [4.69, 9.17) is 9.79 Å². The number of aliphatic hydroxyl groups is 1. The first-order chi connectivity index (χ1) is 14.3. The molecule has 0 aliphatic carbocycles. The second kappa shape index (κ2) is 20.2. The SMILES string of the molecule is CCCCCCCCC=CCCCCCCCCC(=O)NCC(O)COP(=O)(O)O. The number of allylic oxidation sites excluding steroid dienone is 2. The van der Waals surface area contributed by atoms with Gasteiger partial charge in [0.2, 0.25) is 5.91 Å². The van der Waals surface area contributed by atoms with Gasteiger partial charge in [0.25, 0.3) is 0 Å². The number of hydrogen-bond acceptors (Lipinski definition) is 4. The molecular formula is C22H44NO6P. The van der Waals surface area contributed by atoms with E-state index in [1.165, 1.54) is 64.2 Å². The molecule has 0 radical (unpaired) electrons. The molecule has 178 valence electrons. The van der Waals surface area contributed by atoms with Crippen LogP contribution in [0.2, 0.25) is 0 Å². The summed E-state index contributed by atoms with van der Waals surface area (Å²) in [6.07, 6.45) is 20.9. The Kier molecular flexibility index (Phi) is 19.7. The Morgan fingerprint density at radius 1 is 0.900 bits per heavy atom. The van der Waals surface area contributed by atoms with E-state index in [-0.39, 0.29) is 12.5 Å². The van der Waals surface area contributed by atoms with Crippen molar-refractivity contribution in [1.82, 2.24) is 5.32 Å². The number of hydrogen-bond donors (Lipinski definition) is 4. The lowest BCUT2D eigenvalue weighted by molar-refractivity contribution is -0.121. The number of rotatable bonds is 21. The second-order valence-electron chi connectivity index (χ2n) is 7.93. The van der Waals surface area contributed by atoms with Crippen LogP contribution in [0.1, 0.15) is 103 Å². The fourth-order valence-corrected chi connectivity index (χ4v) is 3.46. The third-order valence-electron chi connectivity index (χ3n) is 4.89. The molecule has 0 heterocycles. The summed E-state index contributed by atoms with van der Waals surface area (Å²) in [4.78, 5) is 28.8. The summed E-state index contributed by atoms with van der Waals surface area (Å²) in [6.45, 7) is 1.65. The number of amides is 1. The van der Waals surface area contributed by atoms with Gasteiger partial charge in [0.05, 0.1) is 12.7 Å². The Hall–Kier alpha value is -0.720. The molecule has 0 bridgehead atoms. The summed E-state index contributed by atoms with van der Waals surface area (Å²) in [5.74, 6) is -0.166. The van der Waals surface area contributed by atoms with Crippen molar-refractivity contribution >= 4 is 13.7 Å². The Morgan fingerprint density at radius 2 is 1.40 bits per heavy atom. The zero-order chi connectivity index (χ0) is 22.5. The highest BCUT2D eigenvalue weighted by Crippen LogP contribution is 2.35. The van der Waals surface area contributed by atoms with Gasteiger partial charge in [-0.05, 0) is 32.1 Å². The van der Waals surface area contributed by atoms with Gasteiger partial charge in [0.1, 0.15) is 0 Å². The minimum atomic E-state index is -4.59. The van der Waals surface area contributed by atoms with Crippen LogP contribution in [-0.2, 0) is 13.9 Å². The first-order valence-electron chi connectivity index (χ1n) is 11.6. The van der Waals surface area contributed by atoms with Gasteiger partial charge in [0, 0.05) is 13.0 Å². The average Bonchev–Trinajstić information content (AvgIpc) is 2.69. The predicted molar refractivity (Wildman–Crippen MR) is 121 cm³/mol. The van der Waals surface area contributed by atoms with Gasteiger partial charge >= 0.3 is 7.82 Å². The van der Waals surface area contributed by atoms with Crippen molar-refractivity contribution in [3.05, 3.63) is 12.2 Å². The van der Waals surface area contributed by atoms with Crippen molar-refractivity contribution in [2.45, 2.75) is 109 Å². The van der Waals surface area contributed by atoms with E-state index in [9.17, 15) is 14.5 Å². The molecule has 1 unspecified atom stereocenters. The summed E-state index contributed by atoms with van der Waals surface area (Å²) in [7, 11) is -4.59. The fraction of sp³-hybridized carbons (Fsp3) is 0.864. The van der Waals surface area contributed by atoms with Crippen LogP contribution < -0.4 is 5.32 Å². The minimum absolute atomic E-state index is 0.0782. The minimum Gasteiger partial charge on any atom is -0.389 e. The van der Waals surface area contributed by atoms with Crippen molar-refractivity contribution in [3.8, 4) is 0 Å². The lowest BCUT2D eigenvalue weighted by atomic mass is 10.1. The lowest BCUT2D eigenvalue weighted by Crippen LogP contribution is -2.34. The number of carbonyl (C=O) groups is 1. The number of phosphoric acid groups is 1. The van der Waals surface area contributed by atoms with Gasteiger partial charge < -0.3 is 20.2 Å². The lowest BCUT2D eigenvalue weighted by Gasteiger charge is -2.12. The van der Waals surface area contributed by atoms with Gasteiger partial charge in [-0.25, -0.2) is 4.57 Å². The largest absolute Gasteiger partial charge is 0.469 e. The van der Waals surface area contributed by atoms with Gasteiger partial charge in [0.15, 0.2) is 0 Å². The molecule has 0 saturated heterocycles. The third-order valence-corrected chi connectivity index (χ3v) is 5.37. The molecule has 8 heteroatoms. The van der Waals surface area contributed by atoms with Crippen LogP contribution in [0, 0.1) is 0 Å². The van der Waals surface area contributed by atoms with Crippen molar-refractivity contribution in [2.75, 3.05) is 13.2 Å². The van der Waals surface area contributed by atoms with E-state index >= 15 is 0 Å². The number of nitrogens with one attached hydrogen (secondary N) is 1. The first-order valence-corrected chi connectivity index (χ1v) is 13.2. The molecule has 0 saturated carbocycles. The van der Waals surface area contributed by atoms with Crippen LogP contribution in [0.3, 0.4) is 0 Å². The van der Waals surface area contributed by atoms with Crippen LogP contribution in [0.15, 0.2) is 12.2 Å². The van der Waals surface area contributed by atoms with E-state index in [0.29, 0.717) is 6.42 Å². The first kappa shape index (κ1) is 29.3. The maximum Gasteiger partial charge on any atom is 0.469 e. The van der Waals surface area contributed by atoms with E-state index < -0.39 is 20.5 Å². The molecule has 4 N–H and O–H groups in total. The van der Waals surface area contributed by atoms with Crippen LogP contribution in [0.4, 0.5) is 0 Å². The predicted octanol–water partition coefficient (Wildman–Crippen LogP) is 5.00. The second-order valence-corrected chi connectivity index (χ2v) is 9.17. The summed E-state index contributed by atoms with van der Waals surface area (Å²) in [6, 6.07) is 0. The highest BCUT2D eigenvalue weighted by atomic mass is 31.2. The molecular weight excluding hydrogens is 405 g/mol. The summed E-state index contributed by atoms with van der Waals surface area (Å²) < 4.78 is 14.7. The summed E-state index contributed by atoms with van der Waals surface area (Å²) in [5, 5.41) is 12.0. The van der Waals surface area contributed by atoms with E-state index in [0.717, 1.165) is 25.7 Å². The molecule has 0 fully saturated rings. The van der Waals surface area contributed by atoms with Gasteiger partial charge in [-0.1, -0.05) is 76.9 Å². The van der Waals surface area contributed by atoms with Crippen LogP contribution >= 0.6 is 7.82 Å². The molecule has 0 spiro atoms. The Labute approximate surface area is 182 Å². The maximum atomic E-state index is 11.7. The molecule has 0 aliphatic rings. The molecule has 30 heavy (non-hydrogen) atoms. The standard InChI is InChI=1S/C22H44NO6P/c1-2-3-4-5-6-7-8-9-10-11-12-13-14-15-16-17-18-22(25)23-19-21(24)20-29-30(26,27)28/h9-10,21,24H,2-8,11-20H2,1H3,(H,23,25)(H2,26,27,28). The molecule has 0 rings (SSSR count). The Morgan fingerprint density at radius 3 is 1.93 bits per heavy atom. The van der Waals surface area contributed by atoms with Gasteiger partial charge in [-0.3, -0.25) is 9.32 Å². The van der Waals surface area contributed by atoms with Crippen molar-refractivity contribution in [3.63, 3.8) is 0 Å². The van der Waals surface area contributed by atoms with Crippen molar-refractivity contribution in [2.24, 2.45) is 0 Å². The number of phosphoric ester groups is 1.